The van der Waals surface area contributed by atoms with Crippen molar-refractivity contribution in [1.29, 1.82) is 0 Å². The maximum absolute atomic E-state index is 11.9. The third-order valence-corrected chi connectivity index (χ3v) is 4.76. The van der Waals surface area contributed by atoms with E-state index >= 15 is 0 Å². The summed E-state index contributed by atoms with van der Waals surface area (Å²) in [5.74, 6) is -1.61. The van der Waals surface area contributed by atoms with E-state index in [9.17, 15) is 9.59 Å². The number of carbonyl (C=O) groups is 2. The van der Waals surface area contributed by atoms with Gasteiger partial charge in [-0.05, 0) is 50.2 Å². The van der Waals surface area contributed by atoms with Crippen LogP contribution in [-0.2, 0) is 16.1 Å². The minimum atomic E-state index is -0.835. The fourth-order valence-electron chi connectivity index (χ4n) is 2.90. The Morgan fingerprint density at radius 2 is 1.97 bits per heavy atom. The number of benzene rings is 1. The molecule has 0 spiro atoms. The number of hydrazone groups is 1. The molecule has 2 aromatic heterocycles. The van der Waals surface area contributed by atoms with E-state index in [1.807, 2.05) is 50.2 Å². The highest BCUT2D eigenvalue weighted by atomic mass is 79.9. The van der Waals surface area contributed by atoms with Crippen molar-refractivity contribution in [3.8, 4) is 5.69 Å². The largest absolute Gasteiger partial charge is 0.342 e. The Morgan fingerprint density at radius 1 is 1.14 bits per heavy atom. The van der Waals surface area contributed by atoms with Crippen LogP contribution in [0, 0.1) is 13.8 Å². The summed E-state index contributed by atoms with van der Waals surface area (Å²) < 4.78 is 3.08. The minimum absolute atomic E-state index is 0.171. The first kappa shape index (κ1) is 20.5. The molecular formula is C21H20BrN5O2. The van der Waals surface area contributed by atoms with Gasteiger partial charge in [0.1, 0.15) is 0 Å². The number of aromatic nitrogens is 2. The molecule has 3 rings (SSSR count). The minimum Gasteiger partial charge on any atom is -0.342 e. The molecule has 0 aliphatic rings. The summed E-state index contributed by atoms with van der Waals surface area (Å²) in [4.78, 5) is 27.9. The predicted molar refractivity (Wildman–Crippen MR) is 115 cm³/mol. The maximum Gasteiger partial charge on any atom is 0.329 e. The molecule has 3 aromatic rings. The van der Waals surface area contributed by atoms with Crippen LogP contribution in [-0.4, -0.2) is 27.6 Å². The molecule has 0 aliphatic heterocycles. The van der Waals surface area contributed by atoms with Crippen molar-refractivity contribution in [3.63, 3.8) is 0 Å². The number of hydrogen-bond donors (Lipinski definition) is 2. The topological polar surface area (TPSA) is 88.4 Å². The molecule has 0 bridgehead atoms. The number of hydrogen-bond acceptors (Lipinski definition) is 4. The zero-order chi connectivity index (χ0) is 20.8. The molecule has 2 heterocycles. The number of aryl methyl sites for hydroxylation is 1. The van der Waals surface area contributed by atoms with E-state index in [0.29, 0.717) is 5.69 Å². The molecule has 0 saturated heterocycles. The number of amides is 2. The van der Waals surface area contributed by atoms with Gasteiger partial charge in [0.15, 0.2) is 0 Å². The third-order valence-electron chi connectivity index (χ3n) is 4.27. The summed E-state index contributed by atoms with van der Waals surface area (Å²) in [7, 11) is 0. The zero-order valence-electron chi connectivity index (χ0n) is 16.0. The maximum atomic E-state index is 11.9. The molecule has 148 valence electrons. The lowest BCUT2D eigenvalue weighted by molar-refractivity contribution is -0.139. The Bertz CT molecular complexity index is 1060. The first-order chi connectivity index (χ1) is 14.0. The fraction of sp³-hybridized carbons (Fsp3) is 0.143. The van der Waals surface area contributed by atoms with Gasteiger partial charge in [-0.15, -0.1) is 0 Å². The zero-order valence-corrected chi connectivity index (χ0v) is 17.6. The van der Waals surface area contributed by atoms with E-state index in [4.69, 9.17) is 0 Å². The highest BCUT2D eigenvalue weighted by molar-refractivity contribution is 9.10. The lowest BCUT2D eigenvalue weighted by Gasteiger charge is -2.09. The first-order valence-corrected chi connectivity index (χ1v) is 9.71. The summed E-state index contributed by atoms with van der Waals surface area (Å²) in [6.07, 6.45) is 3.15. The van der Waals surface area contributed by atoms with Crippen LogP contribution in [0.5, 0.6) is 0 Å². The second kappa shape index (κ2) is 9.29. The number of nitrogens with zero attached hydrogens (tertiary/aromatic N) is 3. The Balaban J connectivity index is 1.62. The van der Waals surface area contributed by atoms with Gasteiger partial charge in [-0.2, -0.15) is 5.10 Å². The lowest BCUT2D eigenvalue weighted by Crippen LogP contribution is -2.37. The van der Waals surface area contributed by atoms with E-state index in [1.54, 1.807) is 18.3 Å². The van der Waals surface area contributed by atoms with E-state index in [2.05, 4.69) is 41.3 Å². The number of halogens is 1. The summed E-state index contributed by atoms with van der Waals surface area (Å²) in [5.41, 5.74) is 6.78. The van der Waals surface area contributed by atoms with Crippen LogP contribution >= 0.6 is 15.9 Å². The lowest BCUT2D eigenvalue weighted by atomic mass is 10.2. The van der Waals surface area contributed by atoms with Crippen LogP contribution in [0.25, 0.3) is 5.69 Å². The smallest absolute Gasteiger partial charge is 0.329 e. The molecule has 2 amide bonds. The van der Waals surface area contributed by atoms with Crippen LogP contribution in [0.2, 0.25) is 0 Å². The Labute approximate surface area is 177 Å². The molecule has 7 nitrogen and oxygen atoms in total. The first-order valence-electron chi connectivity index (χ1n) is 8.91. The Kier molecular flexibility index (Phi) is 6.56. The molecule has 0 fully saturated rings. The van der Waals surface area contributed by atoms with Crippen LogP contribution in [0.15, 0.2) is 64.3 Å². The third kappa shape index (κ3) is 5.17. The van der Waals surface area contributed by atoms with Gasteiger partial charge in [-0.25, -0.2) is 5.43 Å². The van der Waals surface area contributed by atoms with Crippen molar-refractivity contribution >= 4 is 34.0 Å². The van der Waals surface area contributed by atoms with Gasteiger partial charge in [-0.1, -0.05) is 28.1 Å². The summed E-state index contributed by atoms with van der Waals surface area (Å²) >= 11 is 3.49. The van der Waals surface area contributed by atoms with Crippen LogP contribution in [0.4, 0.5) is 0 Å². The number of carbonyl (C=O) groups excluding carboxylic acids is 2. The van der Waals surface area contributed by atoms with E-state index < -0.39 is 11.8 Å². The van der Waals surface area contributed by atoms with Crippen molar-refractivity contribution in [2.45, 2.75) is 20.4 Å². The standard InChI is InChI=1S/C21H20BrN5O2/c1-14-10-16(15(2)27(14)19-8-5-6-17(22)11-19)12-25-26-21(29)20(28)24-13-18-7-3-4-9-23-18/h3-12H,13H2,1-2H3,(H,24,28)(H,26,29). The molecule has 0 aliphatic carbocycles. The van der Waals surface area contributed by atoms with E-state index in [-0.39, 0.29) is 6.54 Å². The molecule has 0 saturated carbocycles. The van der Waals surface area contributed by atoms with Gasteiger partial charge in [0, 0.05) is 33.3 Å². The number of nitrogens with one attached hydrogen (secondary N) is 2. The van der Waals surface area contributed by atoms with Crippen molar-refractivity contribution in [2.75, 3.05) is 0 Å². The van der Waals surface area contributed by atoms with Gasteiger partial charge in [0.05, 0.1) is 18.5 Å². The molecule has 0 radical (unpaired) electrons. The van der Waals surface area contributed by atoms with Crippen LogP contribution in [0.3, 0.4) is 0 Å². The van der Waals surface area contributed by atoms with Gasteiger partial charge >= 0.3 is 11.8 Å². The molecule has 0 atom stereocenters. The van der Waals surface area contributed by atoms with Gasteiger partial charge < -0.3 is 9.88 Å². The SMILES string of the molecule is Cc1cc(C=NNC(=O)C(=O)NCc2ccccn2)c(C)n1-c1cccc(Br)c1. The quantitative estimate of drug-likeness (QED) is 0.353. The molecule has 8 heteroatoms. The second-order valence-corrected chi connectivity index (χ2v) is 7.26. The van der Waals surface area contributed by atoms with Crippen LogP contribution < -0.4 is 10.7 Å². The molecule has 2 N–H and O–H groups in total. The summed E-state index contributed by atoms with van der Waals surface area (Å²) in [6.45, 7) is 4.14. The van der Waals surface area contributed by atoms with Gasteiger partial charge in [0.25, 0.3) is 0 Å². The molecule has 0 unspecified atom stereocenters. The Hall–Kier alpha value is -3.26. The highest BCUT2D eigenvalue weighted by Crippen LogP contribution is 2.22. The van der Waals surface area contributed by atoms with Gasteiger partial charge in [-0.3, -0.25) is 14.6 Å². The van der Waals surface area contributed by atoms with Crippen molar-refractivity contribution in [1.82, 2.24) is 20.3 Å². The van der Waals surface area contributed by atoms with E-state index in [1.165, 1.54) is 6.21 Å². The Morgan fingerprint density at radius 3 is 2.69 bits per heavy atom. The average molecular weight is 454 g/mol. The molecule has 29 heavy (non-hydrogen) atoms. The van der Waals surface area contributed by atoms with E-state index in [0.717, 1.165) is 27.1 Å². The summed E-state index contributed by atoms with van der Waals surface area (Å²) in [6, 6.07) is 15.3. The normalized spacial score (nSPS) is 10.9. The van der Waals surface area contributed by atoms with Crippen LogP contribution in [0.1, 0.15) is 22.6 Å². The monoisotopic (exact) mass is 453 g/mol. The molecular weight excluding hydrogens is 434 g/mol. The fourth-order valence-corrected chi connectivity index (χ4v) is 3.28. The predicted octanol–water partition coefficient (Wildman–Crippen LogP) is 3.02. The molecule has 1 aromatic carbocycles. The van der Waals surface area contributed by atoms with Crippen molar-refractivity contribution < 1.29 is 9.59 Å². The summed E-state index contributed by atoms with van der Waals surface area (Å²) in [5, 5.41) is 6.42. The average Bonchev–Trinajstić information content (AvgIpc) is 3.00. The highest BCUT2D eigenvalue weighted by Gasteiger charge is 2.13. The number of pyridine rings is 1. The number of rotatable bonds is 5. The van der Waals surface area contributed by atoms with Crippen molar-refractivity contribution in [2.24, 2.45) is 5.10 Å². The van der Waals surface area contributed by atoms with Crippen molar-refractivity contribution in [3.05, 3.63) is 81.8 Å². The second-order valence-electron chi connectivity index (χ2n) is 6.34. The van der Waals surface area contributed by atoms with Gasteiger partial charge in [0.2, 0.25) is 0 Å².